The maximum absolute atomic E-state index is 6.01. The molecule has 0 aliphatic carbocycles. The van der Waals surface area contributed by atoms with Crippen molar-refractivity contribution in [1.82, 2.24) is 9.97 Å². The monoisotopic (exact) mass is 372 g/mol. The molecule has 6 heteroatoms. The predicted octanol–water partition coefficient (Wildman–Crippen LogP) is 5.49. The maximum Gasteiger partial charge on any atom is 0.229 e. The summed E-state index contributed by atoms with van der Waals surface area (Å²) in [6.07, 6.45) is 0.865. The molecule has 4 nitrogen and oxygen atoms in total. The lowest BCUT2D eigenvalue weighted by Gasteiger charge is -2.10. The standard InChI is InChI=1S/C19H18Cl2N4/c1-13-11-18(22-10-9-14-3-2-4-16(21)12-14)25-19(23-13)24-17-7-5-15(20)6-8-17/h2-8,11-12H,9-10H2,1H3,(H2,22,23,24,25). The van der Waals surface area contributed by atoms with E-state index in [0.717, 1.165) is 35.2 Å². The van der Waals surface area contributed by atoms with E-state index < -0.39 is 0 Å². The van der Waals surface area contributed by atoms with Gasteiger partial charge in [0.25, 0.3) is 0 Å². The molecule has 0 saturated heterocycles. The molecule has 0 aliphatic heterocycles. The highest BCUT2D eigenvalue weighted by molar-refractivity contribution is 6.30. The van der Waals surface area contributed by atoms with Crippen LogP contribution in [0.5, 0.6) is 0 Å². The third kappa shape index (κ3) is 5.34. The van der Waals surface area contributed by atoms with Crippen molar-refractivity contribution < 1.29 is 0 Å². The molecule has 0 aliphatic rings. The number of hydrogen-bond acceptors (Lipinski definition) is 4. The molecular weight excluding hydrogens is 355 g/mol. The second-order valence-electron chi connectivity index (χ2n) is 5.66. The van der Waals surface area contributed by atoms with Gasteiger partial charge in [-0.15, -0.1) is 0 Å². The maximum atomic E-state index is 6.01. The molecule has 0 atom stereocenters. The lowest BCUT2D eigenvalue weighted by molar-refractivity contribution is 0.995. The Morgan fingerprint density at radius 1 is 0.920 bits per heavy atom. The number of nitrogens with one attached hydrogen (secondary N) is 2. The van der Waals surface area contributed by atoms with Crippen LogP contribution in [-0.4, -0.2) is 16.5 Å². The van der Waals surface area contributed by atoms with E-state index in [1.807, 2.05) is 55.5 Å². The van der Waals surface area contributed by atoms with E-state index in [-0.39, 0.29) is 0 Å². The van der Waals surface area contributed by atoms with Crippen molar-refractivity contribution in [1.29, 1.82) is 0 Å². The summed E-state index contributed by atoms with van der Waals surface area (Å²) in [6.45, 7) is 2.70. The van der Waals surface area contributed by atoms with Crippen LogP contribution >= 0.6 is 23.2 Å². The Labute approximate surface area is 157 Å². The van der Waals surface area contributed by atoms with Gasteiger partial charge in [0.05, 0.1) is 0 Å². The van der Waals surface area contributed by atoms with Gasteiger partial charge in [0.2, 0.25) is 5.95 Å². The molecule has 0 fully saturated rings. The third-order valence-electron chi connectivity index (χ3n) is 3.56. The molecule has 2 aromatic carbocycles. The fraction of sp³-hybridized carbons (Fsp3) is 0.158. The van der Waals surface area contributed by atoms with Crippen LogP contribution < -0.4 is 10.6 Å². The SMILES string of the molecule is Cc1cc(NCCc2cccc(Cl)c2)nc(Nc2ccc(Cl)cc2)n1. The van der Waals surface area contributed by atoms with Crippen LogP contribution in [0, 0.1) is 6.92 Å². The molecular formula is C19H18Cl2N4. The third-order valence-corrected chi connectivity index (χ3v) is 4.05. The predicted molar refractivity (Wildman–Crippen MR) is 105 cm³/mol. The van der Waals surface area contributed by atoms with Gasteiger partial charge in [0.1, 0.15) is 5.82 Å². The Kier molecular flexibility index (Phi) is 5.74. The summed E-state index contributed by atoms with van der Waals surface area (Å²) in [5.41, 5.74) is 2.96. The molecule has 0 unspecified atom stereocenters. The minimum absolute atomic E-state index is 0.549. The highest BCUT2D eigenvalue weighted by Crippen LogP contribution is 2.18. The van der Waals surface area contributed by atoms with Crippen molar-refractivity contribution in [2.45, 2.75) is 13.3 Å². The topological polar surface area (TPSA) is 49.8 Å². The molecule has 25 heavy (non-hydrogen) atoms. The number of anilines is 3. The van der Waals surface area contributed by atoms with Crippen molar-refractivity contribution in [2.24, 2.45) is 0 Å². The fourth-order valence-corrected chi connectivity index (χ4v) is 2.74. The zero-order valence-electron chi connectivity index (χ0n) is 13.8. The number of aromatic nitrogens is 2. The summed E-state index contributed by atoms with van der Waals surface area (Å²) in [4.78, 5) is 8.92. The molecule has 0 amide bonds. The van der Waals surface area contributed by atoms with E-state index in [1.54, 1.807) is 0 Å². The number of benzene rings is 2. The van der Waals surface area contributed by atoms with Gasteiger partial charge < -0.3 is 10.6 Å². The fourth-order valence-electron chi connectivity index (χ4n) is 2.40. The quantitative estimate of drug-likeness (QED) is 0.600. The molecule has 3 aromatic rings. The zero-order chi connectivity index (χ0) is 17.6. The van der Waals surface area contributed by atoms with Crippen molar-refractivity contribution in [3.05, 3.63) is 75.9 Å². The first-order valence-electron chi connectivity index (χ1n) is 7.95. The first-order chi connectivity index (χ1) is 12.1. The molecule has 0 saturated carbocycles. The molecule has 1 aromatic heterocycles. The number of rotatable bonds is 6. The molecule has 2 N–H and O–H groups in total. The summed E-state index contributed by atoms with van der Waals surface area (Å²) in [5.74, 6) is 1.33. The van der Waals surface area contributed by atoms with Crippen molar-refractivity contribution in [3.8, 4) is 0 Å². The number of nitrogens with zero attached hydrogens (tertiary/aromatic N) is 2. The van der Waals surface area contributed by atoms with Gasteiger partial charge in [-0.05, 0) is 55.3 Å². The summed E-state index contributed by atoms with van der Waals surface area (Å²) >= 11 is 11.9. The number of aryl methyl sites for hydroxylation is 1. The minimum Gasteiger partial charge on any atom is -0.370 e. The van der Waals surface area contributed by atoms with E-state index >= 15 is 0 Å². The Bertz CT molecular complexity index is 850. The normalized spacial score (nSPS) is 10.5. The molecule has 1 heterocycles. The van der Waals surface area contributed by atoms with Crippen molar-refractivity contribution in [2.75, 3.05) is 17.2 Å². The van der Waals surface area contributed by atoms with E-state index in [0.29, 0.717) is 11.0 Å². The second kappa shape index (κ2) is 8.19. The van der Waals surface area contributed by atoms with Crippen LogP contribution in [0.25, 0.3) is 0 Å². The van der Waals surface area contributed by atoms with Gasteiger partial charge in [0, 0.05) is 34.0 Å². The summed E-state index contributed by atoms with van der Waals surface area (Å²) in [7, 11) is 0. The minimum atomic E-state index is 0.549. The molecule has 0 bridgehead atoms. The summed E-state index contributed by atoms with van der Waals surface area (Å²) < 4.78 is 0. The van der Waals surface area contributed by atoms with Crippen molar-refractivity contribution >= 4 is 40.7 Å². The molecule has 128 valence electrons. The van der Waals surface area contributed by atoms with E-state index in [1.165, 1.54) is 5.56 Å². The lowest BCUT2D eigenvalue weighted by atomic mass is 10.1. The molecule has 0 radical (unpaired) electrons. The first-order valence-corrected chi connectivity index (χ1v) is 8.71. The number of halogens is 2. The Morgan fingerprint density at radius 3 is 2.48 bits per heavy atom. The highest BCUT2D eigenvalue weighted by atomic mass is 35.5. The van der Waals surface area contributed by atoms with Crippen LogP contribution in [0.1, 0.15) is 11.3 Å². The van der Waals surface area contributed by atoms with Gasteiger partial charge in [0.15, 0.2) is 0 Å². The van der Waals surface area contributed by atoms with E-state index in [9.17, 15) is 0 Å². The molecule has 0 spiro atoms. The zero-order valence-corrected chi connectivity index (χ0v) is 15.3. The van der Waals surface area contributed by atoms with E-state index in [2.05, 4.69) is 26.7 Å². The number of hydrogen-bond donors (Lipinski definition) is 2. The average Bonchev–Trinajstić information content (AvgIpc) is 2.57. The van der Waals surface area contributed by atoms with Crippen LogP contribution in [0.15, 0.2) is 54.6 Å². The Morgan fingerprint density at radius 2 is 1.72 bits per heavy atom. The molecule has 3 rings (SSSR count). The van der Waals surface area contributed by atoms with Gasteiger partial charge in [-0.25, -0.2) is 4.98 Å². The average molecular weight is 373 g/mol. The van der Waals surface area contributed by atoms with Crippen LogP contribution in [-0.2, 0) is 6.42 Å². The smallest absolute Gasteiger partial charge is 0.229 e. The van der Waals surface area contributed by atoms with Gasteiger partial charge >= 0.3 is 0 Å². The van der Waals surface area contributed by atoms with Gasteiger partial charge in [-0.3, -0.25) is 0 Å². The Balaban J connectivity index is 1.63. The highest BCUT2D eigenvalue weighted by Gasteiger charge is 2.03. The van der Waals surface area contributed by atoms with Crippen molar-refractivity contribution in [3.63, 3.8) is 0 Å². The van der Waals surface area contributed by atoms with Crippen LogP contribution in [0.3, 0.4) is 0 Å². The second-order valence-corrected chi connectivity index (χ2v) is 6.53. The van der Waals surface area contributed by atoms with Crippen LogP contribution in [0.2, 0.25) is 10.0 Å². The largest absolute Gasteiger partial charge is 0.370 e. The van der Waals surface area contributed by atoms with Gasteiger partial charge in [-0.1, -0.05) is 35.3 Å². The van der Waals surface area contributed by atoms with Crippen LogP contribution in [0.4, 0.5) is 17.5 Å². The lowest BCUT2D eigenvalue weighted by Crippen LogP contribution is -2.08. The first kappa shape index (κ1) is 17.5. The Hall–Kier alpha value is -2.30. The van der Waals surface area contributed by atoms with Gasteiger partial charge in [-0.2, -0.15) is 4.98 Å². The summed E-state index contributed by atoms with van der Waals surface area (Å²) in [6, 6.07) is 17.2. The van der Waals surface area contributed by atoms with E-state index in [4.69, 9.17) is 23.2 Å². The summed E-state index contributed by atoms with van der Waals surface area (Å²) in [5, 5.41) is 7.97.